The molecule has 0 unspecified atom stereocenters. The molecule has 12 heteroatoms. The number of ether oxygens (including phenoxy) is 5. The smallest absolute Gasteiger partial charge is 0.337 e. The van der Waals surface area contributed by atoms with Crippen molar-refractivity contribution in [2.24, 2.45) is 5.10 Å². The van der Waals surface area contributed by atoms with Crippen molar-refractivity contribution in [1.29, 1.82) is 0 Å². The van der Waals surface area contributed by atoms with Crippen LogP contribution in [0.15, 0.2) is 95.2 Å². The molecule has 0 saturated heterocycles. The molecule has 49 heavy (non-hydrogen) atoms. The number of aliphatic hydroxyl groups excluding tert-OH is 1. The number of carbonyl (C=O) groups excluding carboxylic acids is 2. The summed E-state index contributed by atoms with van der Waals surface area (Å²) in [5.41, 5.74) is 5.71. The summed E-state index contributed by atoms with van der Waals surface area (Å²) in [4.78, 5) is 24.7. The number of nitrogens with one attached hydrogen (secondary N) is 3. The Morgan fingerprint density at radius 3 is 2.41 bits per heavy atom. The Labute approximate surface area is 284 Å². The molecule has 5 rings (SSSR count). The number of hydrazone groups is 1. The second-order valence-electron chi connectivity index (χ2n) is 11.0. The quantitative estimate of drug-likeness (QED) is 0.0570. The molecule has 0 fully saturated rings. The lowest BCUT2D eigenvalue weighted by molar-refractivity contribution is -0.136. The highest BCUT2D eigenvalue weighted by Crippen LogP contribution is 2.35. The van der Waals surface area contributed by atoms with Crippen molar-refractivity contribution >= 4 is 29.0 Å². The lowest BCUT2D eigenvalue weighted by Crippen LogP contribution is -2.45. The number of carbonyl (C=O) groups is 2. The van der Waals surface area contributed by atoms with Gasteiger partial charge >= 0.3 is 12.0 Å². The Kier molecular flexibility index (Phi) is 11.6. The number of aliphatic hydroxyl groups is 1. The Bertz CT molecular complexity index is 1850. The van der Waals surface area contributed by atoms with E-state index < -0.39 is 24.3 Å². The van der Waals surface area contributed by atoms with E-state index in [9.17, 15) is 14.7 Å². The van der Waals surface area contributed by atoms with Crippen LogP contribution in [0.1, 0.15) is 43.5 Å². The fraction of sp³-hybridized carbons (Fsp3) is 0.270. The second-order valence-corrected chi connectivity index (χ2v) is 11.0. The van der Waals surface area contributed by atoms with Crippen LogP contribution in [-0.4, -0.2) is 56.5 Å². The molecule has 4 aromatic rings. The fourth-order valence-corrected chi connectivity index (χ4v) is 5.39. The summed E-state index contributed by atoms with van der Waals surface area (Å²) in [7, 11) is 1.28. The van der Waals surface area contributed by atoms with Gasteiger partial charge in [-0.25, -0.2) is 9.59 Å². The molecule has 1 aliphatic rings. The molecule has 4 aromatic carbocycles. The second kappa shape index (κ2) is 16.4. The number of hydrogen-bond donors (Lipinski definition) is 4. The number of urea groups is 1. The maximum Gasteiger partial charge on any atom is 0.337 e. The molecule has 0 bridgehead atoms. The first-order valence-corrected chi connectivity index (χ1v) is 15.9. The molecular formula is C37H40N4O8. The number of fused-ring (bicyclic) bond motifs is 1. The van der Waals surface area contributed by atoms with Gasteiger partial charge in [-0.3, -0.25) is 5.43 Å². The van der Waals surface area contributed by atoms with Gasteiger partial charge in [0.15, 0.2) is 29.2 Å². The molecule has 0 aliphatic carbocycles. The Morgan fingerprint density at radius 1 is 0.918 bits per heavy atom. The first-order valence-electron chi connectivity index (χ1n) is 15.9. The number of benzene rings is 4. The molecule has 0 spiro atoms. The number of methoxy groups -OCH3 is 1. The number of rotatable bonds is 15. The van der Waals surface area contributed by atoms with Gasteiger partial charge in [-0.2, -0.15) is 5.10 Å². The zero-order chi connectivity index (χ0) is 34.8. The van der Waals surface area contributed by atoms with Crippen molar-refractivity contribution in [1.82, 2.24) is 16.1 Å². The van der Waals surface area contributed by atoms with E-state index in [-0.39, 0.29) is 12.2 Å². The first-order chi connectivity index (χ1) is 23.8. The van der Waals surface area contributed by atoms with Crippen molar-refractivity contribution in [3.8, 4) is 23.0 Å². The third kappa shape index (κ3) is 8.59. The van der Waals surface area contributed by atoms with Gasteiger partial charge in [0.2, 0.25) is 0 Å². The average molecular weight is 669 g/mol. The molecule has 0 aromatic heterocycles. The summed E-state index contributed by atoms with van der Waals surface area (Å²) in [5.74, 6) is 1.35. The van der Waals surface area contributed by atoms with Crippen LogP contribution in [0.2, 0.25) is 0 Å². The van der Waals surface area contributed by atoms with E-state index in [1.54, 1.807) is 31.3 Å². The zero-order valence-corrected chi connectivity index (χ0v) is 27.8. The molecule has 0 radical (unpaired) electrons. The Morgan fingerprint density at radius 2 is 1.63 bits per heavy atom. The van der Waals surface area contributed by atoms with Gasteiger partial charge < -0.3 is 39.4 Å². The fourth-order valence-electron chi connectivity index (χ4n) is 5.39. The van der Waals surface area contributed by atoms with E-state index in [2.05, 4.69) is 39.4 Å². The maximum absolute atomic E-state index is 12.5. The minimum atomic E-state index is -1.15. The van der Waals surface area contributed by atoms with Crippen LogP contribution >= 0.6 is 0 Å². The maximum atomic E-state index is 12.5. The van der Waals surface area contributed by atoms with Crippen LogP contribution in [0.4, 0.5) is 4.79 Å². The topological polar surface area (TPSA) is 149 Å². The highest BCUT2D eigenvalue weighted by molar-refractivity contribution is 5.95. The van der Waals surface area contributed by atoms with Gasteiger partial charge in [0.25, 0.3) is 0 Å². The third-order valence-electron chi connectivity index (χ3n) is 7.64. The van der Waals surface area contributed by atoms with Gasteiger partial charge in [0, 0.05) is 5.70 Å². The van der Waals surface area contributed by atoms with Gasteiger partial charge in [0.05, 0.1) is 38.2 Å². The molecule has 0 saturated carbocycles. The highest BCUT2D eigenvalue weighted by atomic mass is 16.5. The molecule has 1 aliphatic heterocycles. The summed E-state index contributed by atoms with van der Waals surface area (Å²) in [6.07, 6.45) is 0.405. The Hall–Kier alpha value is -5.75. The van der Waals surface area contributed by atoms with E-state index in [0.717, 1.165) is 21.9 Å². The van der Waals surface area contributed by atoms with Gasteiger partial charge in [0.1, 0.15) is 13.2 Å². The van der Waals surface area contributed by atoms with Crippen molar-refractivity contribution in [3.63, 3.8) is 0 Å². The molecule has 1 heterocycles. The van der Waals surface area contributed by atoms with Crippen LogP contribution in [0, 0.1) is 0 Å². The standard InChI is InChI=1S/C37H40N4O8/c1-5-46-31-18-24(14-16-29(31)48-21-27-12-9-11-25-10-7-8-13-28(25)27)20-38-41-33(42)22-49-30-17-15-26(19-32(30)47-6-2)35-34(36(43)45-4)23(3)39-37(44)40-35/h7-20,33,35,41-42H,5-6,21-22H2,1-4H3,(H2,39,40,44)/b38-20-/t33-,35+/m1/s1. The summed E-state index contributed by atoms with van der Waals surface area (Å²) < 4.78 is 28.6. The normalized spacial score (nSPS) is 15.0. The summed E-state index contributed by atoms with van der Waals surface area (Å²) in [6, 6.07) is 23.6. The van der Waals surface area contributed by atoms with E-state index in [1.807, 2.05) is 56.3 Å². The van der Waals surface area contributed by atoms with E-state index in [4.69, 9.17) is 23.7 Å². The summed E-state index contributed by atoms with van der Waals surface area (Å²) in [5, 5.41) is 22.3. The van der Waals surface area contributed by atoms with E-state index in [0.29, 0.717) is 54.1 Å². The molecule has 2 amide bonds. The summed E-state index contributed by atoms with van der Waals surface area (Å²) >= 11 is 0. The number of allylic oxidation sites excluding steroid dienone is 1. The Balaban J connectivity index is 1.20. The van der Waals surface area contributed by atoms with Crippen molar-refractivity contribution in [2.45, 2.75) is 39.6 Å². The molecule has 4 N–H and O–H groups in total. The number of nitrogens with zero attached hydrogens (tertiary/aromatic N) is 1. The summed E-state index contributed by atoms with van der Waals surface area (Å²) in [6.45, 7) is 6.37. The lowest BCUT2D eigenvalue weighted by Gasteiger charge is -2.28. The highest BCUT2D eigenvalue weighted by Gasteiger charge is 2.32. The van der Waals surface area contributed by atoms with Crippen LogP contribution in [-0.2, 0) is 16.1 Å². The first kappa shape index (κ1) is 34.6. The van der Waals surface area contributed by atoms with Crippen LogP contribution < -0.4 is 35.0 Å². The predicted molar refractivity (Wildman–Crippen MR) is 185 cm³/mol. The average Bonchev–Trinajstić information content (AvgIpc) is 3.10. The number of hydrogen-bond acceptors (Lipinski definition) is 10. The third-order valence-corrected chi connectivity index (χ3v) is 7.64. The molecule has 2 atom stereocenters. The van der Waals surface area contributed by atoms with E-state index >= 15 is 0 Å². The van der Waals surface area contributed by atoms with Gasteiger partial charge in [-0.1, -0.05) is 48.5 Å². The molecule has 256 valence electrons. The van der Waals surface area contributed by atoms with Crippen molar-refractivity contribution in [2.75, 3.05) is 26.9 Å². The van der Waals surface area contributed by atoms with Crippen LogP contribution in [0.5, 0.6) is 23.0 Å². The number of amides is 2. The van der Waals surface area contributed by atoms with E-state index in [1.165, 1.54) is 7.11 Å². The minimum absolute atomic E-state index is 0.154. The lowest BCUT2D eigenvalue weighted by atomic mass is 9.95. The predicted octanol–water partition coefficient (Wildman–Crippen LogP) is 5.34. The van der Waals surface area contributed by atoms with Crippen molar-refractivity contribution in [3.05, 3.63) is 107 Å². The molecule has 12 nitrogen and oxygen atoms in total. The van der Waals surface area contributed by atoms with Crippen LogP contribution in [0.25, 0.3) is 10.8 Å². The van der Waals surface area contributed by atoms with Gasteiger partial charge in [-0.05, 0) is 78.6 Å². The largest absolute Gasteiger partial charge is 0.490 e. The SMILES string of the molecule is CCOc1cc(/C=N\N[C@H](O)COc2ccc([C@@H]3NC(=O)NC(C)=C3C(=O)OC)cc2OCC)ccc1OCc1cccc2ccccc12. The zero-order valence-electron chi connectivity index (χ0n) is 27.8. The minimum Gasteiger partial charge on any atom is -0.490 e. The molecular weight excluding hydrogens is 628 g/mol. The van der Waals surface area contributed by atoms with Crippen molar-refractivity contribution < 1.29 is 38.4 Å². The van der Waals surface area contributed by atoms with Crippen LogP contribution in [0.3, 0.4) is 0 Å². The number of esters is 1. The van der Waals surface area contributed by atoms with Gasteiger partial charge in [-0.15, -0.1) is 0 Å². The monoisotopic (exact) mass is 668 g/mol.